The zero-order chi connectivity index (χ0) is 26.4. The Morgan fingerprint density at radius 2 is 1.59 bits per heavy atom. The second-order valence-corrected chi connectivity index (χ2v) is 9.04. The summed E-state index contributed by atoms with van der Waals surface area (Å²) < 4.78 is 57.2. The number of hydrogen-bond acceptors (Lipinski definition) is 5. The Labute approximate surface area is 214 Å². The summed E-state index contributed by atoms with van der Waals surface area (Å²) in [6.45, 7) is 1.88. The fourth-order valence-corrected chi connectivity index (χ4v) is 4.89. The molecule has 37 heavy (non-hydrogen) atoms. The number of carbonyl (C=O) groups excluding carboxylic acids is 1. The van der Waals surface area contributed by atoms with Gasteiger partial charge in [-0.3, -0.25) is 9.78 Å². The van der Waals surface area contributed by atoms with E-state index in [0.29, 0.717) is 28.2 Å². The van der Waals surface area contributed by atoms with Crippen LogP contribution in [0.25, 0.3) is 0 Å². The number of nitrogens with zero attached hydrogens (tertiary/aromatic N) is 1. The van der Waals surface area contributed by atoms with Crippen LogP contribution in [0.15, 0.2) is 67.0 Å². The van der Waals surface area contributed by atoms with Crippen LogP contribution in [0.3, 0.4) is 0 Å². The highest BCUT2D eigenvalue weighted by Gasteiger charge is 2.36. The number of rotatable bonds is 9. The molecule has 0 bridgehead atoms. The van der Waals surface area contributed by atoms with E-state index >= 15 is 0 Å². The number of ether oxygens (including phenoxy) is 3. The number of carbonyl (C=O) groups is 1. The molecule has 2 unspecified atom stereocenters. The van der Waals surface area contributed by atoms with Crippen molar-refractivity contribution >= 4 is 5.97 Å². The lowest BCUT2D eigenvalue weighted by molar-refractivity contribution is -0.145. The van der Waals surface area contributed by atoms with Crippen LogP contribution in [0.4, 0.5) is 13.2 Å². The highest BCUT2D eigenvalue weighted by Crippen LogP contribution is 2.43. The molecular weight excluding hydrogens is 483 g/mol. The van der Waals surface area contributed by atoms with E-state index in [9.17, 15) is 18.0 Å². The molecule has 0 N–H and O–H groups in total. The highest BCUT2D eigenvalue weighted by atomic mass is 19.4. The molecule has 3 aromatic rings. The number of halogens is 3. The van der Waals surface area contributed by atoms with Crippen LogP contribution in [0.2, 0.25) is 0 Å². The zero-order valence-electron chi connectivity index (χ0n) is 20.8. The van der Waals surface area contributed by atoms with Crippen molar-refractivity contribution in [1.82, 2.24) is 4.98 Å². The number of hydrogen-bond donors (Lipinski definition) is 0. The lowest BCUT2D eigenvalue weighted by atomic mass is 9.77. The van der Waals surface area contributed by atoms with Gasteiger partial charge < -0.3 is 14.2 Å². The van der Waals surface area contributed by atoms with Crippen LogP contribution in [-0.2, 0) is 15.7 Å². The van der Waals surface area contributed by atoms with Gasteiger partial charge in [0, 0.05) is 18.3 Å². The van der Waals surface area contributed by atoms with Crippen molar-refractivity contribution in [3.63, 3.8) is 0 Å². The molecule has 1 aliphatic rings. The van der Waals surface area contributed by atoms with Gasteiger partial charge in [0.25, 0.3) is 0 Å². The van der Waals surface area contributed by atoms with E-state index in [2.05, 4.69) is 4.98 Å². The summed E-state index contributed by atoms with van der Waals surface area (Å²) in [4.78, 5) is 17.4. The molecular formula is C29H30F3NO4. The van der Waals surface area contributed by atoms with Gasteiger partial charge in [-0.2, -0.15) is 13.2 Å². The number of pyridine rings is 1. The lowest BCUT2D eigenvalue weighted by Gasteiger charge is -2.28. The molecule has 0 amide bonds. The van der Waals surface area contributed by atoms with Crippen molar-refractivity contribution in [2.75, 3.05) is 13.7 Å². The second-order valence-electron chi connectivity index (χ2n) is 9.04. The van der Waals surface area contributed by atoms with Gasteiger partial charge in [0.2, 0.25) is 0 Å². The molecule has 0 spiro atoms. The maximum atomic E-state index is 13.4. The van der Waals surface area contributed by atoms with Crippen molar-refractivity contribution in [2.24, 2.45) is 0 Å². The van der Waals surface area contributed by atoms with Crippen LogP contribution < -0.4 is 9.47 Å². The average molecular weight is 514 g/mol. The van der Waals surface area contributed by atoms with Gasteiger partial charge in [-0.25, -0.2) is 0 Å². The minimum absolute atomic E-state index is 0.0646. The number of alkyl halides is 3. The minimum Gasteiger partial charge on any atom is -0.493 e. The Balaban J connectivity index is 1.85. The molecule has 1 aromatic heterocycles. The fraction of sp³-hybridized carbons (Fsp3) is 0.379. The summed E-state index contributed by atoms with van der Waals surface area (Å²) in [6, 6.07) is 13.8. The lowest BCUT2D eigenvalue weighted by Crippen LogP contribution is -2.24. The zero-order valence-corrected chi connectivity index (χ0v) is 20.8. The minimum atomic E-state index is -4.47. The third kappa shape index (κ3) is 6.24. The second kappa shape index (κ2) is 11.7. The van der Waals surface area contributed by atoms with Gasteiger partial charge in [0.05, 0.1) is 31.3 Å². The van der Waals surface area contributed by atoms with Gasteiger partial charge in [-0.05, 0) is 85.7 Å². The molecule has 1 fully saturated rings. The quantitative estimate of drug-likeness (QED) is 0.291. The molecule has 4 rings (SSSR count). The summed E-state index contributed by atoms with van der Waals surface area (Å²) >= 11 is 0. The SMILES string of the molecule is CCOC(=O)C(c1ccncc1)C(c1ccc(C(F)(F)F)cc1)c1ccc(OC)c(OC2CCCC2)c1. The smallest absolute Gasteiger partial charge is 0.416 e. The van der Waals surface area contributed by atoms with Gasteiger partial charge in [-0.1, -0.05) is 18.2 Å². The Kier molecular flexibility index (Phi) is 8.36. The maximum absolute atomic E-state index is 13.4. The van der Waals surface area contributed by atoms with Crippen molar-refractivity contribution < 1.29 is 32.2 Å². The molecule has 2 aromatic carbocycles. The van der Waals surface area contributed by atoms with E-state index in [1.54, 1.807) is 44.6 Å². The summed E-state index contributed by atoms with van der Waals surface area (Å²) in [5.41, 5.74) is 1.13. The fourth-order valence-electron chi connectivity index (χ4n) is 4.89. The van der Waals surface area contributed by atoms with E-state index in [4.69, 9.17) is 14.2 Å². The topological polar surface area (TPSA) is 57.7 Å². The normalized spacial score (nSPS) is 15.7. The van der Waals surface area contributed by atoms with Gasteiger partial charge in [0.1, 0.15) is 0 Å². The average Bonchev–Trinajstić information content (AvgIpc) is 3.40. The van der Waals surface area contributed by atoms with Crippen LogP contribution in [0.1, 0.15) is 66.7 Å². The van der Waals surface area contributed by atoms with Gasteiger partial charge in [-0.15, -0.1) is 0 Å². The van der Waals surface area contributed by atoms with Gasteiger partial charge >= 0.3 is 12.1 Å². The predicted octanol–water partition coefficient (Wildman–Crippen LogP) is 6.91. The number of aromatic nitrogens is 1. The Morgan fingerprint density at radius 3 is 2.19 bits per heavy atom. The van der Waals surface area contributed by atoms with E-state index < -0.39 is 29.5 Å². The molecule has 2 atom stereocenters. The third-order valence-electron chi connectivity index (χ3n) is 6.68. The summed E-state index contributed by atoms with van der Waals surface area (Å²) in [7, 11) is 1.56. The Bertz CT molecular complexity index is 1180. The molecule has 5 nitrogen and oxygen atoms in total. The monoisotopic (exact) mass is 513 g/mol. The Morgan fingerprint density at radius 1 is 0.946 bits per heavy atom. The largest absolute Gasteiger partial charge is 0.493 e. The van der Waals surface area contributed by atoms with Crippen LogP contribution in [0, 0.1) is 0 Å². The third-order valence-corrected chi connectivity index (χ3v) is 6.68. The summed E-state index contributed by atoms with van der Waals surface area (Å²) in [6.07, 6.45) is 2.82. The molecule has 196 valence electrons. The first-order valence-electron chi connectivity index (χ1n) is 12.4. The van der Waals surface area contributed by atoms with Crippen molar-refractivity contribution in [2.45, 2.75) is 56.7 Å². The van der Waals surface area contributed by atoms with E-state index in [0.717, 1.165) is 37.8 Å². The first-order valence-corrected chi connectivity index (χ1v) is 12.4. The number of methoxy groups -OCH3 is 1. The predicted molar refractivity (Wildman–Crippen MR) is 133 cm³/mol. The van der Waals surface area contributed by atoms with Crippen LogP contribution in [-0.4, -0.2) is 30.8 Å². The molecule has 8 heteroatoms. The first-order chi connectivity index (χ1) is 17.8. The maximum Gasteiger partial charge on any atom is 0.416 e. The molecule has 0 aliphatic heterocycles. The van der Waals surface area contributed by atoms with Crippen molar-refractivity contribution in [3.05, 3.63) is 89.2 Å². The van der Waals surface area contributed by atoms with Crippen molar-refractivity contribution in [1.29, 1.82) is 0 Å². The van der Waals surface area contributed by atoms with Gasteiger partial charge in [0.15, 0.2) is 11.5 Å². The first kappa shape index (κ1) is 26.5. The number of esters is 1. The molecule has 0 saturated heterocycles. The molecule has 0 radical (unpaired) electrons. The highest BCUT2D eigenvalue weighted by molar-refractivity contribution is 5.80. The van der Waals surface area contributed by atoms with Crippen molar-refractivity contribution in [3.8, 4) is 11.5 Å². The van der Waals surface area contributed by atoms with E-state index in [1.165, 1.54) is 12.1 Å². The van der Waals surface area contributed by atoms with Crippen LogP contribution >= 0.6 is 0 Å². The standard InChI is InChI=1S/C29H30F3NO4/c1-3-36-28(34)27(20-14-16-33-17-15-20)26(19-8-11-22(12-9-19)29(30,31)32)21-10-13-24(35-2)25(18-21)37-23-6-4-5-7-23/h8-18,23,26-27H,3-7H2,1-2H3. The summed E-state index contributed by atoms with van der Waals surface area (Å²) in [5, 5.41) is 0. The molecule has 1 heterocycles. The Hall–Kier alpha value is -3.55. The van der Waals surface area contributed by atoms with E-state index in [-0.39, 0.29) is 12.7 Å². The molecule has 1 saturated carbocycles. The molecule has 1 aliphatic carbocycles. The van der Waals surface area contributed by atoms with E-state index in [1.807, 2.05) is 12.1 Å². The summed E-state index contributed by atoms with van der Waals surface area (Å²) in [5.74, 6) is -0.861. The van der Waals surface area contributed by atoms with Crippen LogP contribution in [0.5, 0.6) is 11.5 Å². The number of benzene rings is 2.